The number of aromatic amines is 1. The third-order valence-electron chi connectivity index (χ3n) is 2.82. The third kappa shape index (κ3) is 1.88. The second-order valence-corrected chi connectivity index (χ2v) is 4.08. The van der Waals surface area contributed by atoms with Crippen LogP contribution in [0.4, 0.5) is 11.5 Å². The Morgan fingerprint density at radius 3 is 2.61 bits per heavy atom. The Hall–Kier alpha value is -2.49. The summed E-state index contributed by atoms with van der Waals surface area (Å²) >= 11 is 0. The molecule has 1 aromatic heterocycles. The molecule has 0 fully saturated rings. The minimum absolute atomic E-state index is 0.619. The highest BCUT2D eigenvalue weighted by Crippen LogP contribution is 2.25. The molecule has 88 valence electrons. The Kier molecular flexibility index (Phi) is 2.61. The van der Waals surface area contributed by atoms with E-state index in [0.717, 1.165) is 22.2 Å². The van der Waals surface area contributed by atoms with E-state index in [4.69, 9.17) is 0 Å². The summed E-state index contributed by atoms with van der Waals surface area (Å²) in [7, 11) is 0. The van der Waals surface area contributed by atoms with Gasteiger partial charge in [0, 0.05) is 5.39 Å². The third-order valence-corrected chi connectivity index (χ3v) is 2.82. The molecule has 4 nitrogen and oxygen atoms in total. The van der Waals surface area contributed by atoms with Crippen molar-refractivity contribution in [1.29, 1.82) is 0 Å². The lowest BCUT2D eigenvalue weighted by Gasteiger charge is -1.95. The average Bonchev–Trinajstić information content (AvgIpc) is 2.81. The number of azo groups is 1. The molecule has 2 aromatic carbocycles. The standard InChI is InChI=1S/C14H12N4/c1-10-6-2-4-8-12(10)15-17-14-11-7-3-5-9-13(11)16-18-14/h2-9H,1H3,(H,16,18). The molecule has 0 unspecified atom stereocenters. The zero-order valence-electron chi connectivity index (χ0n) is 9.96. The van der Waals surface area contributed by atoms with Crippen molar-refractivity contribution in [2.75, 3.05) is 0 Å². The molecule has 18 heavy (non-hydrogen) atoms. The van der Waals surface area contributed by atoms with Gasteiger partial charge in [0.2, 0.25) is 5.82 Å². The molecular weight excluding hydrogens is 224 g/mol. The fourth-order valence-electron chi connectivity index (χ4n) is 1.80. The molecule has 3 aromatic rings. The van der Waals surface area contributed by atoms with E-state index in [9.17, 15) is 0 Å². The van der Waals surface area contributed by atoms with Crippen LogP contribution >= 0.6 is 0 Å². The van der Waals surface area contributed by atoms with E-state index < -0.39 is 0 Å². The van der Waals surface area contributed by atoms with Crippen molar-refractivity contribution in [3.05, 3.63) is 54.1 Å². The molecule has 0 radical (unpaired) electrons. The molecule has 0 aliphatic heterocycles. The highest BCUT2D eigenvalue weighted by molar-refractivity contribution is 5.87. The number of para-hydroxylation sites is 1. The number of H-pyrrole nitrogens is 1. The molecule has 0 saturated heterocycles. The Bertz CT molecular complexity index is 712. The maximum absolute atomic E-state index is 4.24. The van der Waals surface area contributed by atoms with Crippen molar-refractivity contribution in [2.45, 2.75) is 6.92 Å². The van der Waals surface area contributed by atoms with Crippen LogP contribution in [0.2, 0.25) is 0 Å². The van der Waals surface area contributed by atoms with Crippen LogP contribution in [-0.4, -0.2) is 10.2 Å². The van der Waals surface area contributed by atoms with Crippen molar-refractivity contribution < 1.29 is 0 Å². The van der Waals surface area contributed by atoms with Gasteiger partial charge >= 0.3 is 0 Å². The van der Waals surface area contributed by atoms with E-state index in [1.54, 1.807) is 0 Å². The minimum Gasteiger partial charge on any atom is -0.276 e. The number of aromatic nitrogens is 2. The van der Waals surface area contributed by atoms with Crippen LogP contribution in [0.25, 0.3) is 10.9 Å². The number of nitrogens with one attached hydrogen (secondary N) is 1. The Morgan fingerprint density at radius 2 is 1.72 bits per heavy atom. The predicted molar refractivity (Wildman–Crippen MR) is 71.4 cm³/mol. The summed E-state index contributed by atoms with van der Waals surface area (Å²) in [5.41, 5.74) is 2.93. The largest absolute Gasteiger partial charge is 0.276 e. The van der Waals surface area contributed by atoms with E-state index in [1.807, 2.05) is 55.5 Å². The van der Waals surface area contributed by atoms with E-state index >= 15 is 0 Å². The molecule has 1 heterocycles. The fraction of sp³-hybridized carbons (Fsp3) is 0.0714. The fourth-order valence-corrected chi connectivity index (χ4v) is 1.80. The van der Waals surface area contributed by atoms with Gasteiger partial charge in [-0.05, 0) is 30.7 Å². The summed E-state index contributed by atoms with van der Waals surface area (Å²) in [6.45, 7) is 2.01. The normalized spacial score (nSPS) is 11.4. The maximum atomic E-state index is 4.24. The molecule has 0 bridgehead atoms. The lowest BCUT2D eigenvalue weighted by Crippen LogP contribution is -1.71. The number of fused-ring (bicyclic) bond motifs is 1. The maximum Gasteiger partial charge on any atom is 0.203 e. The Labute approximate surface area is 104 Å². The van der Waals surface area contributed by atoms with Gasteiger partial charge in [0.25, 0.3) is 0 Å². The number of hydrogen-bond donors (Lipinski definition) is 1. The molecule has 3 rings (SSSR count). The van der Waals surface area contributed by atoms with Crippen LogP contribution in [0.5, 0.6) is 0 Å². The molecule has 0 spiro atoms. The van der Waals surface area contributed by atoms with Gasteiger partial charge < -0.3 is 0 Å². The van der Waals surface area contributed by atoms with Crippen molar-refractivity contribution >= 4 is 22.4 Å². The predicted octanol–water partition coefficient (Wildman–Crippen LogP) is 4.29. The zero-order chi connectivity index (χ0) is 12.4. The highest BCUT2D eigenvalue weighted by atomic mass is 15.2. The molecule has 0 saturated carbocycles. The van der Waals surface area contributed by atoms with Gasteiger partial charge in [-0.3, -0.25) is 5.10 Å². The van der Waals surface area contributed by atoms with Gasteiger partial charge in [-0.15, -0.1) is 10.2 Å². The number of hydrogen-bond acceptors (Lipinski definition) is 3. The number of nitrogens with zero attached hydrogens (tertiary/aromatic N) is 3. The quantitative estimate of drug-likeness (QED) is 0.663. The molecule has 1 N–H and O–H groups in total. The zero-order valence-corrected chi connectivity index (χ0v) is 9.96. The molecule has 0 atom stereocenters. The summed E-state index contributed by atoms with van der Waals surface area (Å²) in [5, 5.41) is 16.5. The summed E-state index contributed by atoms with van der Waals surface area (Å²) in [5.74, 6) is 0.619. The smallest absolute Gasteiger partial charge is 0.203 e. The summed E-state index contributed by atoms with van der Waals surface area (Å²) < 4.78 is 0. The average molecular weight is 236 g/mol. The molecule has 0 amide bonds. The van der Waals surface area contributed by atoms with Crippen LogP contribution in [0.1, 0.15) is 5.56 Å². The van der Waals surface area contributed by atoms with Crippen molar-refractivity contribution in [1.82, 2.24) is 10.2 Å². The first-order valence-corrected chi connectivity index (χ1v) is 5.75. The number of rotatable bonds is 2. The highest BCUT2D eigenvalue weighted by Gasteiger charge is 2.03. The topological polar surface area (TPSA) is 53.4 Å². The van der Waals surface area contributed by atoms with Gasteiger partial charge in [0.05, 0.1) is 11.2 Å². The van der Waals surface area contributed by atoms with Crippen LogP contribution < -0.4 is 0 Å². The molecule has 4 heteroatoms. The van der Waals surface area contributed by atoms with Crippen molar-refractivity contribution in [3.8, 4) is 0 Å². The molecular formula is C14H12N4. The monoisotopic (exact) mass is 236 g/mol. The second-order valence-electron chi connectivity index (χ2n) is 4.08. The van der Waals surface area contributed by atoms with E-state index in [-0.39, 0.29) is 0 Å². The van der Waals surface area contributed by atoms with Gasteiger partial charge in [-0.2, -0.15) is 5.10 Å². The van der Waals surface area contributed by atoms with Crippen molar-refractivity contribution in [2.24, 2.45) is 10.2 Å². The Morgan fingerprint density at radius 1 is 0.944 bits per heavy atom. The van der Waals surface area contributed by atoms with Gasteiger partial charge in [0.15, 0.2) is 0 Å². The van der Waals surface area contributed by atoms with E-state index in [1.165, 1.54) is 0 Å². The SMILES string of the molecule is Cc1ccccc1N=Nc1n[nH]c2ccccc12. The first-order valence-electron chi connectivity index (χ1n) is 5.75. The van der Waals surface area contributed by atoms with Crippen LogP contribution in [0.3, 0.4) is 0 Å². The second kappa shape index (κ2) is 4.41. The van der Waals surface area contributed by atoms with E-state index in [2.05, 4.69) is 20.4 Å². The number of benzene rings is 2. The van der Waals surface area contributed by atoms with Gasteiger partial charge in [-0.25, -0.2) is 0 Å². The van der Waals surface area contributed by atoms with Crippen LogP contribution in [0.15, 0.2) is 58.8 Å². The lowest BCUT2D eigenvalue weighted by molar-refractivity contribution is 1.07. The van der Waals surface area contributed by atoms with Crippen LogP contribution in [-0.2, 0) is 0 Å². The number of aryl methyl sites for hydroxylation is 1. The lowest BCUT2D eigenvalue weighted by atomic mass is 10.2. The Balaban J connectivity index is 2.00. The molecule has 0 aliphatic carbocycles. The van der Waals surface area contributed by atoms with E-state index in [0.29, 0.717) is 5.82 Å². The van der Waals surface area contributed by atoms with Crippen molar-refractivity contribution in [3.63, 3.8) is 0 Å². The summed E-state index contributed by atoms with van der Waals surface area (Å²) in [6.07, 6.45) is 0. The van der Waals surface area contributed by atoms with Gasteiger partial charge in [0.1, 0.15) is 0 Å². The summed E-state index contributed by atoms with van der Waals surface area (Å²) in [4.78, 5) is 0. The molecule has 0 aliphatic rings. The first kappa shape index (κ1) is 10.7. The van der Waals surface area contributed by atoms with Crippen LogP contribution in [0, 0.1) is 6.92 Å². The van der Waals surface area contributed by atoms with Gasteiger partial charge in [-0.1, -0.05) is 30.3 Å². The first-order chi connectivity index (χ1) is 8.84. The minimum atomic E-state index is 0.619. The summed E-state index contributed by atoms with van der Waals surface area (Å²) in [6, 6.07) is 15.8.